The lowest BCUT2D eigenvalue weighted by molar-refractivity contribution is -0.124. The average molecular weight is 344 g/mol. The molecule has 6 nitrogen and oxygen atoms in total. The highest BCUT2D eigenvalue weighted by atomic mass is 35.5. The van der Waals surface area contributed by atoms with E-state index in [9.17, 15) is 9.59 Å². The highest BCUT2D eigenvalue weighted by Crippen LogP contribution is 2.16. The summed E-state index contributed by atoms with van der Waals surface area (Å²) in [6.07, 6.45) is 0. The Hall–Kier alpha value is -1.79. The second kappa shape index (κ2) is 9.37. The largest absolute Gasteiger partial charge is 0.497 e. The van der Waals surface area contributed by atoms with Gasteiger partial charge in [0.15, 0.2) is 0 Å². The van der Waals surface area contributed by atoms with E-state index in [1.54, 1.807) is 31.4 Å². The first-order valence-corrected chi connectivity index (χ1v) is 7.21. The van der Waals surface area contributed by atoms with Gasteiger partial charge in [-0.25, -0.2) is 0 Å². The van der Waals surface area contributed by atoms with Crippen LogP contribution in [-0.2, 0) is 4.79 Å². The van der Waals surface area contributed by atoms with E-state index in [2.05, 4.69) is 10.6 Å². The molecule has 1 rings (SSSR count). The first-order chi connectivity index (χ1) is 10.3. The molecule has 0 aliphatic rings. The highest BCUT2D eigenvalue weighted by molar-refractivity contribution is 5.94. The predicted molar refractivity (Wildman–Crippen MR) is 93.0 cm³/mol. The maximum Gasteiger partial charge on any atom is 0.251 e. The molecule has 0 radical (unpaired) electrons. The lowest BCUT2D eigenvalue weighted by Gasteiger charge is -2.25. The van der Waals surface area contributed by atoms with E-state index in [1.165, 1.54) is 0 Å². The van der Waals surface area contributed by atoms with E-state index >= 15 is 0 Å². The van der Waals surface area contributed by atoms with Gasteiger partial charge < -0.3 is 21.1 Å². The van der Waals surface area contributed by atoms with Gasteiger partial charge in [0.25, 0.3) is 5.91 Å². The summed E-state index contributed by atoms with van der Waals surface area (Å²) < 4.78 is 5.03. The third kappa shape index (κ3) is 6.88. The molecule has 0 unspecified atom stereocenters. The summed E-state index contributed by atoms with van der Waals surface area (Å²) in [5.74, 6) is 0.281. The summed E-state index contributed by atoms with van der Waals surface area (Å²) in [5, 5.41) is 5.45. The van der Waals surface area contributed by atoms with Crippen LogP contribution >= 0.6 is 12.4 Å². The number of rotatable bonds is 6. The SMILES string of the molecule is COc1ccc(C(=O)NCCNC(=O)[C@@H](N)C(C)(C)C)cc1.Cl. The van der Waals surface area contributed by atoms with Crippen molar-refractivity contribution in [1.29, 1.82) is 0 Å². The molecule has 0 fully saturated rings. The Labute approximate surface area is 143 Å². The molecule has 1 aromatic carbocycles. The molecule has 1 aromatic rings. The Morgan fingerprint density at radius 3 is 2.13 bits per heavy atom. The van der Waals surface area contributed by atoms with Crippen LogP contribution in [0.4, 0.5) is 0 Å². The topological polar surface area (TPSA) is 93.5 Å². The van der Waals surface area contributed by atoms with Crippen LogP contribution in [0.1, 0.15) is 31.1 Å². The van der Waals surface area contributed by atoms with Crippen molar-refractivity contribution in [1.82, 2.24) is 10.6 Å². The standard InChI is InChI=1S/C16H25N3O3.ClH/c1-16(2,3)13(17)15(21)19-10-9-18-14(20)11-5-7-12(22-4)8-6-11;/h5-8,13H,9-10,17H2,1-4H3,(H,18,20)(H,19,21);1H/t13-;/m1./s1. The van der Waals surface area contributed by atoms with Gasteiger partial charge in [0.2, 0.25) is 5.91 Å². The highest BCUT2D eigenvalue weighted by Gasteiger charge is 2.26. The monoisotopic (exact) mass is 343 g/mol. The molecule has 130 valence electrons. The molecule has 4 N–H and O–H groups in total. The number of carbonyl (C=O) groups excluding carboxylic acids is 2. The Morgan fingerprint density at radius 2 is 1.65 bits per heavy atom. The molecule has 0 heterocycles. The maximum absolute atomic E-state index is 11.9. The van der Waals surface area contributed by atoms with E-state index in [-0.39, 0.29) is 29.6 Å². The molecule has 1 atom stereocenters. The van der Waals surface area contributed by atoms with Gasteiger partial charge in [-0.1, -0.05) is 20.8 Å². The first-order valence-electron chi connectivity index (χ1n) is 7.21. The fraction of sp³-hybridized carbons (Fsp3) is 0.500. The smallest absolute Gasteiger partial charge is 0.251 e. The molecule has 7 heteroatoms. The van der Waals surface area contributed by atoms with Crippen molar-refractivity contribution in [3.63, 3.8) is 0 Å². The molecular weight excluding hydrogens is 318 g/mol. The van der Waals surface area contributed by atoms with Crippen molar-refractivity contribution in [3.05, 3.63) is 29.8 Å². The van der Waals surface area contributed by atoms with E-state index < -0.39 is 6.04 Å². The molecule has 0 saturated heterocycles. The molecule has 0 aromatic heterocycles. The number of carbonyl (C=O) groups is 2. The Balaban J connectivity index is 0.00000484. The normalized spacial score (nSPS) is 11.9. The van der Waals surface area contributed by atoms with Crippen LogP contribution in [-0.4, -0.2) is 38.1 Å². The Morgan fingerprint density at radius 1 is 1.13 bits per heavy atom. The van der Waals surface area contributed by atoms with E-state index in [1.807, 2.05) is 20.8 Å². The van der Waals surface area contributed by atoms with Crippen molar-refractivity contribution in [2.24, 2.45) is 11.1 Å². The van der Waals surface area contributed by atoms with Crippen LogP contribution in [0, 0.1) is 5.41 Å². The van der Waals surface area contributed by atoms with E-state index in [0.29, 0.717) is 24.4 Å². The van der Waals surface area contributed by atoms with Crippen LogP contribution in [0.5, 0.6) is 5.75 Å². The summed E-state index contributed by atoms with van der Waals surface area (Å²) in [7, 11) is 1.57. The van der Waals surface area contributed by atoms with Crippen LogP contribution in [0.15, 0.2) is 24.3 Å². The number of hydrogen-bond donors (Lipinski definition) is 3. The van der Waals surface area contributed by atoms with Gasteiger partial charge in [0.1, 0.15) is 5.75 Å². The van der Waals surface area contributed by atoms with Crippen molar-refractivity contribution < 1.29 is 14.3 Å². The Bertz CT molecular complexity index is 512. The minimum Gasteiger partial charge on any atom is -0.497 e. The fourth-order valence-electron chi connectivity index (χ4n) is 1.71. The zero-order valence-corrected chi connectivity index (χ0v) is 14.8. The molecular formula is C16H26ClN3O3. The second-order valence-corrected chi connectivity index (χ2v) is 6.12. The summed E-state index contributed by atoms with van der Waals surface area (Å²) in [5.41, 5.74) is 6.09. The number of nitrogens with one attached hydrogen (secondary N) is 2. The lowest BCUT2D eigenvalue weighted by Crippen LogP contribution is -2.49. The van der Waals surface area contributed by atoms with Gasteiger partial charge in [0.05, 0.1) is 13.2 Å². The molecule has 0 aliphatic carbocycles. The molecule has 0 saturated carbocycles. The van der Waals surface area contributed by atoms with Crippen LogP contribution in [0.3, 0.4) is 0 Å². The third-order valence-corrected chi connectivity index (χ3v) is 3.28. The van der Waals surface area contributed by atoms with Crippen LogP contribution < -0.4 is 21.1 Å². The first kappa shape index (κ1) is 21.2. The van der Waals surface area contributed by atoms with Crippen molar-refractivity contribution in [2.45, 2.75) is 26.8 Å². The maximum atomic E-state index is 11.9. The molecule has 2 amide bonds. The molecule has 0 aliphatic heterocycles. The quantitative estimate of drug-likeness (QED) is 0.679. The van der Waals surface area contributed by atoms with Crippen LogP contribution in [0.2, 0.25) is 0 Å². The fourth-order valence-corrected chi connectivity index (χ4v) is 1.71. The summed E-state index contributed by atoms with van der Waals surface area (Å²) in [4.78, 5) is 23.7. The van der Waals surface area contributed by atoms with Gasteiger partial charge in [-0.2, -0.15) is 0 Å². The minimum absolute atomic E-state index is 0. The van der Waals surface area contributed by atoms with E-state index in [0.717, 1.165) is 0 Å². The zero-order valence-electron chi connectivity index (χ0n) is 14.0. The van der Waals surface area contributed by atoms with Gasteiger partial charge in [-0.05, 0) is 29.7 Å². The number of hydrogen-bond acceptors (Lipinski definition) is 4. The lowest BCUT2D eigenvalue weighted by atomic mass is 9.87. The van der Waals surface area contributed by atoms with Gasteiger partial charge >= 0.3 is 0 Å². The number of methoxy groups -OCH3 is 1. The number of halogens is 1. The Kier molecular flexibility index (Phi) is 8.64. The number of amides is 2. The zero-order chi connectivity index (χ0) is 16.8. The summed E-state index contributed by atoms with van der Waals surface area (Å²) in [6, 6.07) is 6.23. The summed E-state index contributed by atoms with van der Waals surface area (Å²) >= 11 is 0. The predicted octanol–water partition coefficient (Wildman–Crippen LogP) is 1.34. The molecule has 0 bridgehead atoms. The summed E-state index contributed by atoms with van der Waals surface area (Å²) in [6.45, 7) is 6.39. The van der Waals surface area contributed by atoms with Crippen molar-refractivity contribution in [2.75, 3.05) is 20.2 Å². The average Bonchev–Trinajstić information content (AvgIpc) is 2.49. The second-order valence-electron chi connectivity index (χ2n) is 6.12. The number of ether oxygens (including phenoxy) is 1. The molecule has 0 spiro atoms. The van der Waals surface area contributed by atoms with Crippen LogP contribution in [0.25, 0.3) is 0 Å². The van der Waals surface area contributed by atoms with Gasteiger partial charge in [-0.15, -0.1) is 12.4 Å². The van der Waals surface area contributed by atoms with Gasteiger partial charge in [0, 0.05) is 18.7 Å². The number of nitrogens with two attached hydrogens (primary N) is 1. The van der Waals surface area contributed by atoms with Crippen molar-refractivity contribution >= 4 is 24.2 Å². The molecule has 23 heavy (non-hydrogen) atoms. The minimum atomic E-state index is -0.579. The van der Waals surface area contributed by atoms with Crippen molar-refractivity contribution in [3.8, 4) is 5.75 Å². The van der Waals surface area contributed by atoms with Gasteiger partial charge in [-0.3, -0.25) is 9.59 Å². The third-order valence-electron chi connectivity index (χ3n) is 3.28. The van der Waals surface area contributed by atoms with E-state index in [4.69, 9.17) is 10.5 Å². The number of benzene rings is 1.